The van der Waals surface area contributed by atoms with Crippen LogP contribution in [-0.2, 0) is 9.59 Å². The molecule has 1 aromatic heterocycles. The number of carbonyl (C=O) groups is 3. The van der Waals surface area contributed by atoms with Gasteiger partial charge in [0.2, 0.25) is 11.8 Å². The lowest BCUT2D eigenvalue weighted by molar-refractivity contribution is -0.126. The summed E-state index contributed by atoms with van der Waals surface area (Å²) >= 11 is 0. The van der Waals surface area contributed by atoms with Crippen molar-refractivity contribution in [2.75, 3.05) is 6.54 Å². The molecule has 1 atom stereocenters. The fourth-order valence-electron chi connectivity index (χ4n) is 3.01. The summed E-state index contributed by atoms with van der Waals surface area (Å²) in [5, 5.41) is 2.25. The molecule has 1 N–H and O–H groups in total. The molecule has 3 rings (SSSR count). The van der Waals surface area contributed by atoms with Crippen LogP contribution in [0.1, 0.15) is 29.4 Å². The molecule has 6 heteroatoms. The third-order valence-corrected chi connectivity index (χ3v) is 4.31. The molecule has 6 nitrogen and oxygen atoms in total. The highest BCUT2D eigenvalue weighted by molar-refractivity contribution is 6.08. The highest BCUT2D eigenvalue weighted by Crippen LogP contribution is 2.21. The number of likely N-dealkylation sites (N-methyl/N-ethyl adjacent to an activating group) is 1. The van der Waals surface area contributed by atoms with Crippen molar-refractivity contribution in [3.05, 3.63) is 53.7 Å². The number of carbonyl (C=O) groups excluding carboxylic acids is 3. The summed E-state index contributed by atoms with van der Waals surface area (Å²) in [6.07, 6.45) is 0.00693. The van der Waals surface area contributed by atoms with Gasteiger partial charge in [0.05, 0.1) is 23.4 Å². The molecule has 1 aliphatic rings. The van der Waals surface area contributed by atoms with Gasteiger partial charge < -0.3 is 4.90 Å². The fourth-order valence-corrected chi connectivity index (χ4v) is 3.01. The predicted octanol–water partition coefficient (Wildman–Crippen LogP) is 1.93. The molecule has 1 aliphatic heterocycles. The zero-order valence-corrected chi connectivity index (χ0v) is 14.2. The number of rotatable bonds is 4. The molecule has 1 aromatic carbocycles. The molecule has 1 saturated heterocycles. The van der Waals surface area contributed by atoms with Crippen molar-refractivity contribution in [1.29, 1.82) is 0 Å². The van der Waals surface area contributed by atoms with Crippen molar-refractivity contribution in [3.8, 4) is 11.3 Å². The van der Waals surface area contributed by atoms with E-state index >= 15 is 0 Å². The number of imide groups is 1. The Hall–Kier alpha value is -3.02. The van der Waals surface area contributed by atoms with Gasteiger partial charge in [-0.2, -0.15) is 0 Å². The number of aromatic nitrogens is 1. The number of amides is 3. The number of hydrogen-bond donors (Lipinski definition) is 1. The second-order valence-corrected chi connectivity index (χ2v) is 5.92. The van der Waals surface area contributed by atoms with Crippen molar-refractivity contribution in [3.63, 3.8) is 0 Å². The van der Waals surface area contributed by atoms with E-state index in [4.69, 9.17) is 0 Å². The average molecular weight is 337 g/mol. The molecular weight excluding hydrogens is 318 g/mol. The molecule has 3 amide bonds. The van der Waals surface area contributed by atoms with Crippen LogP contribution in [-0.4, -0.2) is 40.2 Å². The van der Waals surface area contributed by atoms with Gasteiger partial charge in [0.15, 0.2) is 0 Å². The van der Waals surface area contributed by atoms with Crippen LogP contribution in [0.25, 0.3) is 11.3 Å². The second kappa shape index (κ2) is 6.84. The van der Waals surface area contributed by atoms with E-state index in [9.17, 15) is 14.4 Å². The maximum Gasteiger partial charge on any atom is 0.256 e. The molecule has 0 spiro atoms. The van der Waals surface area contributed by atoms with Crippen LogP contribution in [0.2, 0.25) is 0 Å². The Morgan fingerprint density at radius 3 is 2.48 bits per heavy atom. The van der Waals surface area contributed by atoms with Gasteiger partial charge in [-0.1, -0.05) is 30.3 Å². The number of pyridine rings is 1. The minimum atomic E-state index is -0.752. The molecule has 0 aliphatic carbocycles. The monoisotopic (exact) mass is 337 g/mol. The topological polar surface area (TPSA) is 79.4 Å². The summed E-state index contributed by atoms with van der Waals surface area (Å²) in [7, 11) is 0. The van der Waals surface area contributed by atoms with Gasteiger partial charge in [0.1, 0.15) is 6.04 Å². The molecular formula is C19H19N3O3. The summed E-state index contributed by atoms with van der Waals surface area (Å²) in [4.78, 5) is 42.2. The van der Waals surface area contributed by atoms with Gasteiger partial charge in [-0.05, 0) is 26.0 Å². The van der Waals surface area contributed by atoms with E-state index in [1.54, 1.807) is 26.0 Å². The van der Waals surface area contributed by atoms with Crippen LogP contribution in [0.4, 0.5) is 0 Å². The number of nitrogens with zero attached hydrogens (tertiary/aromatic N) is 2. The van der Waals surface area contributed by atoms with Crippen LogP contribution >= 0.6 is 0 Å². The SMILES string of the molecule is CCN(C(=O)c1ccc(-c2ccccc2)nc1C)[C@@H]1CC(=O)NC1=O. The maximum atomic E-state index is 12.9. The molecule has 25 heavy (non-hydrogen) atoms. The highest BCUT2D eigenvalue weighted by atomic mass is 16.2. The van der Waals surface area contributed by atoms with Crippen molar-refractivity contribution in [2.45, 2.75) is 26.3 Å². The number of benzene rings is 1. The molecule has 2 aromatic rings. The van der Waals surface area contributed by atoms with Crippen LogP contribution in [0.15, 0.2) is 42.5 Å². The van der Waals surface area contributed by atoms with Crippen molar-refractivity contribution >= 4 is 17.7 Å². The van der Waals surface area contributed by atoms with Crippen LogP contribution in [0, 0.1) is 6.92 Å². The Morgan fingerprint density at radius 2 is 1.92 bits per heavy atom. The lowest BCUT2D eigenvalue weighted by Crippen LogP contribution is -2.44. The Morgan fingerprint density at radius 1 is 1.20 bits per heavy atom. The second-order valence-electron chi connectivity index (χ2n) is 5.92. The third kappa shape index (κ3) is 3.28. The first-order chi connectivity index (χ1) is 12.0. The van der Waals surface area contributed by atoms with Crippen LogP contribution in [0.3, 0.4) is 0 Å². The molecule has 128 valence electrons. The van der Waals surface area contributed by atoms with Crippen LogP contribution < -0.4 is 5.32 Å². The van der Waals surface area contributed by atoms with Gasteiger partial charge in [-0.15, -0.1) is 0 Å². The normalized spacial score (nSPS) is 16.6. The zero-order chi connectivity index (χ0) is 18.0. The zero-order valence-electron chi connectivity index (χ0n) is 14.2. The van der Waals surface area contributed by atoms with E-state index in [1.807, 2.05) is 30.3 Å². The van der Waals surface area contributed by atoms with E-state index in [-0.39, 0.29) is 18.2 Å². The number of aryl methyl sites for hydroxylation is 1. The van der Waals surface area contributed by atoms with Gasteiger partial charge >= 0.3 is 0 Å². The standard InChI is InChI=1S/C19H19N3O3/c1-3-22(16-11-17(23)21-18(16)24)19(25)14-9-10-15(20-12(14)2)13-7-5-4-6-8-13/h4-10,16H,3,11H2,1-2H3,(H,21,23,24)/t16-/m1/s1. The number of hydrogen-bond acceptors (Lipinski definition) is 4. The summed E-state index contributed by atoms with van der Waals surface area (Å²) in [5.41, 5.74) is 2.78. The van der Waals surface area contributed by atoms with E-state index in [1.165, 1.54) is 4.90 Å². The Bertz CT molecular complexity index is 833. The minimum absolute atomic E-state index is 0.00693. The number of nitrogens with one attached hydrogen (secondary N) is 1. The highest BCUT2D eigenvalue weighted by Gasteiger charge is 2.37. The third-order valence-electron chi connectivity index (χ3n) is 4.31. The first-order valence-electron chi connectivity index (χ1n) is 8.19. The quantitative estimate of drug-likeness (QED) is 0.865. The maximum absolute atomic E-state index is 12.9. The van der Waals surface area contributed by atoms with E-state index < -0.39 is 11.9 Å². The van der Waals surface area contributed by atoms with Gasteiger partial charge in [-0.3, -0.25) is 24.7 Å². The Balaban J connectivity index is 1.89. The van der Waals surface area contributed by atoms with Crippen molar-refractivity contribution in [1.82, 2.24) is 15.2 Å². The van der Waals surface area contributed by atoms with E-state index in [0.717, 1.165) is 11.3 Å². The Kier molecular flexibility index (Phi) is 4.61. The Labute approximate surface area is 145 Å². The lowest BCUT2D eigenvalue weighted by Gasteiger charge is -2.25. The summed E-state index contributed by atoms with van der Waals surface area (Å²) < 4.78 is 0. The summed E-state index contributed by atoms with van der Waals surface area (Å²) in [6.45, 7) is 3.90. The largest absolute Gasteiger partial charge is 0.326 e. The lowest BCUT2D eigenvalue weighted by atomic mass is 10.1. The molecule has 0 radical (unpaired) electrons. The molecule has 1 fully saturated rings. The van der Waals surface area contributed by atoms with E-state index in [0.29, 0.717) is 17.8 Å². The van der Waals surface area contributed by atoms with Crippen molar-refractivity contribution < 1.29 is 14.4 Å². The summed E-state index contributed by atoms with van der Waals surface area (Å²) in [5.74, 6) is -1.07. The fraction of sp³-hybridized carbons (Fsp3) is 0.263. The molecule has 2 heterocycles. The van der Waals surface area contributed by atoms with E-state index in [2.05, 4.69) is 10.3 Å². The van der Waals surface area contributed by atoms with Crippen LogP contribution in [0.5, 0.6) is 0 Å². The van der Waals surface area contributed by atoms with Gasteiger partial charge in [0.25, 0.3) is 5.91 Å². The molecule has 0 saturated carbocycles. The summed E-state index contributed by atoms with van der Waals surface area (Å²) in [6, 6.07) is 12.5. The molecule has 0 unspecified atom stereocenters. The smallest absolute Gasteiger partial charge is 0.256 e. The van der Waals surface area contributed by atoms with Gasteiger partial charge in [0, 0.05) is 12.1 Å². The first-order valence-corrected chi connectivity index (χ1v) is 8.19. The average Bonchev–Trinajstić information content (AvgIpc) is 2.94. The van der Waals surface area contributed by atoms with Gasteiger partial charge in [-0.25, -0.2) is 0 Å². The molecule has 0 bridgehead atoms. The minimum Gasteiger partial charge on any atom is -0.326 e. The predicted molar refractivity (Wildman–Crippen MR) is 92.7 cm³/mol. The van der Waals surface area contributed by atoms with Crippen molar-refractivity contribution in [2.24, 2.45) is 0 Å². The first kappa shape index (κ1) is 16.8.